The lowest BCUT2D eigenvalue weighted by Gasteiger charge is -2.06. The average molecular weight is 567 g/mol. The van der Waals surface area contributed by atoms with Gasteiger partial charge >= 0.3 is 0 Å². The highest BCUT2D eigenvalue weighted by Gasteiger charge is 2.10. The maximum atomic E-state index is 12.1. The quantitative estimate of drug-likeness (QED) is 0.0600. The van der Waals surface area contributed by atoms with Crippen molar-refractivity contribution < 1.29 is 21.4 Å². The summed E-state index contributed by atoms with van der Waals surface area (Å²) in [6.45, 7) is 2.60. The fourth-order valence-corrected chi connectivity index (χ4v) is 6.11. The summed E-state index contributed by atoms with van der Waals surface area (Å²) in [7, 11) is -3.38. The minimum atomic E-state index is -3.38. The molecule has 0 bridgehead atoms. The van der Waals surface area contributed by atoms with Crippen molar-refractivity contribution in [1.29, 1.82) is 0 Å². The van der Waals surface area contributed by atoms with Crippen LogP contribution in [0, 0.1) is 0 Å². The molecule has 0 aliphatic rings. The molecule has 230 valence electrons. The second kappa shape index (κ2) is 29.7. The molecule has 0 heterocycles. The predicted octanol–water partition coefficient (Wildman–Crippen LogP) is 11.5. The topological polar surface area (TPSA) is 43.4 Å². The van der Waals surface area contributed by atoms with Crippen LogP contribution < -0.4 is 0 Å². The van der Waals surface area contributed by atoms with Crippen LogP contribution in [0.4, 0.5) is 8.78 Å². The van der Waals surface area contributed by atoms with Crippen LogP contribution in [0.2, 0.25) is 0 Å². The van der Waals surface area contributed by atoms with Gasteiger partial charge < -0.3 is 0 Å². The van der Waals surface area contributed by atoms with E-state index >= 15 is 0 Å². The summed E-state index contributed by atoms with van der Waals surface area (Å²) >= 11 is 0. The fourth-order valence-electron chi connectivity index (χ4n) is 5.06. The van der Waals surface area contributed by atoms with Gasteiger partial charge in [-0.1, -0.05) is 161 Å². The number of alkyl halides is 2. The highest BCUT2D eigenvalue weighted by atomic mass is 32.2. The standard InChI is InChI=1S/C32H64F2O3S/c1-2-3-4-5-6-7-8-9-10-11-12-13-14-15-18-21-24-27-30-37-38(35,36)31-28-25-22-19-16-17-20-23-26-29-32(33)34/h32H,2-31H2,1H3. The van der Waals surface area contributed by atoms with E-state index < -0.39 is 16.5 Å². The van der Waals surface area contributed by atoms with Gasteiger partial charge in [0.1, 0.15) is 0 Å². The van der Waals surface area contributed by atoms with Crippen LogP contribution in [0.15, 0.2) is 0 Å². The smallest absolute Gasteiger partial charge is 0.267 e. The molecule has 0 unspecified atom stereocenters. The second-order valence-corrected chi connectivity index (χ2v) is 13.2. The van der Waals surface area contributed by atoms with Crippen molar-refractivity contribution in [3.63, 3.8) is 0 Å². The first-order chi connectivity index (χ1) is 18.5. The molecule has 3 nitrogen and oxygen atoms in total. The van der Waals surface area contributed by atoms with Gasteiger partial charge in [0.25, 0.3) is 10.1 Å². The summed E-state index contributed by atoms with van der Waals surface area (Å²) in [5, 5.41) is 0. The molecule has 0 N–H and O–H groups in total. The van der Waals surface area contributed by atoms with Crippen LogP contribution in [0.5, 0.6) is 0 Å². The summed E-state index contributed by atoms with van der Waals surface area (Å²) in [6, 6.07) is 0. The molecule has 38 heavy (non-hydrogen) atoms. The minimum absolute atomic E-state index is 0.0239. The third-order valence-corrected chi connectivity index (χ3v) is 8.89. The number of halogens is 2. The number of hydrogen-bond acceptors (Lipinski definition) is 3. The van der Waals surface area contributed by atoms with Crippen LogP contribution >= 0.6 is 0 Å². The number of hydrogen-bond donors (Lipinski definition) is 0. The first kappa shape index (κ1) is 37.8. The zero-order chi connectivity index (χ0) is 28.0. The summed E-state index contributed by atoms with van der Waals surface area (Å²) in [4.78, 5) is 0. The van der Waals surface area contributed by atoms with E-state index in [-0.39, 0.29) is 12.2 Å². The molecule has 0 saturated heterocycles. The fraction of sp³-hybridized carbons (Fsp3) is 1.00. The first-order valence-electron chi connectivity index (χ1n) is 16.6. The van der Waals surface area contributed by atoms with Crippen LogP contribution in [0.25, 0.3) is 0 Å². The van der Waals surface area contributed by atoms with E-state index in [1.165, 1.54) is 103 Å². The van der Waals surface area contributed by atoms with Crippen molar-refractivity contribution in [3.05, 3.63) is 0 Å². The molecule has 0 amide bonds. The van der Waals surface area contributed by atoms with Crippen molar-refractivity contribution in [2.24, 2.45) is 0 Å². The van der Waals surface area contributed by atoms with Gasteiger partial charge in [-0.15, -0.1) is 0 Å². The van der Waals surface area contributed by atoms with Crippen molar-refractivity contribution >= 4 is 10.1 Å². The van der Waals surface area contributed by atoms with Gasteiger partial charge in [0.2, 0.25) is 6.43 Å². The summed E-state index contributed by atoms with van der Waals surface area (Å²) < 4.78 is 53.3. The Labute approximate surface area is 236 Å². The van der Waals surface area contributed by atoms with Gasteiger partial charge in [0.15, 0.2) is 0 Å². The SMILES string of the molecule is CCCCCCCCCCCCCCCCCCCCOS(=O)(=O)CCCCCCCCCCCC(F)F. The summed E-state index contributed by atoms with van der Waals surface area (Å²) in [6.07, 6.45) is 30.1. The van der Waals surface area contributed by atoms with Crippen LogP contribution in [-0.4, -0.2) is 27.2 Å². The highest BCUT2D eigenvalue weighted by Crippen LogP contribution is 2.15. The lowest BCUT2D eigenvalue weighted by atomic mass is 10.0. The molecule has 0 spiro atoms. The molecule has 0 saturated carbocycles. The Kier molecular flexibility index (Phi) is 29.6. The molecular weight excluding hydrogens is 502 g/mol. The Balaban J connectivity index is 3.28. The molecule has 0 fully saturated rings. The van der Waals surface area contributed by atoms with Crippen molar-refractivity contribution in [1.82, 2.24) is 0 Å². The van der Waals surface area contributed by atoms with Gasteiger partial charge in [0.05, 0.1) is 12.4 Å². The normalized spacial score (nSPS) is 12.1. The van der Waals surface area contributed by atoms with E-state index in [9.17, 15) is 17.2 Å². The zero-order valence-electron chi connectivity index (χ0n) is 25.2. The molecular formula is C32H64F2O3S. The Morgan fingerprint density at radius 3 is 1.16 bits per heavy atom. The van der Waals surface area contributed by atoms with E-state index in [1.54, 1.807) is 0 Å². The third kappa shape index (κ3) is 32.0. The van der Waals surface area contributed by atoms with Crippen LogP contribution in [0.1, 0.15) is 187 Å². The number of unbranched alkanes of at least 4 members (excludes halogenated alkanes) is 25. The lowest BCUT2D eigenvalue weighted by Crippen LogP contribution is -2.11. The molecule has 0 rings (SSSR count). The highest BCUT2D eigenvalue weighted by molar-refractivity contribution is 7.86. The van der Waals surface area contributed by atoms with Crippen LogP contribution in [0.3, 0.4) is 0 Å². The lowest BCUT2D eigenvalue weighted by molar-refractivity contribution is 0.133. The maximum absolute atomic E-state index is 12.1. The number of rotatable bonds is 32. The van der Waals surface area contributed by atoms with E-state index in [1.807, 2.05) is 0 Å². The molecule has 0 radical (unpaired) electrons. The Hall–Kier alpha value is -0.230. The molecule has 0 aliphatic heterocycles. The van der Waals surface area contributed by atoms with Gasteiger partial charge in [-0.05, 0) is 19.3 Å². The molecule has 0 aromatic heterocycles. The van der Waals surface area contributed by atoms with Gasteiger partial charge in [-0.3, -0.25) is 4.18 Å². The Bertz CT molecular complexity index is 555. The van der Waals surface area contributed by atoms with E-state index in [4.69, 9.17) is 4.18 Å². The molecule has 0 aromatic rings. The van der Waals surface area contributed by atoms with Crippen molar-refractivity contribution in [2.75, 3.05) is 12.4 Å². The zero-order valence-corrected chi connectivity index (χ0v) is 26.0. The average Bonchev–Trinajstić information content (AvgIpc) is 2.88. The van der Waals surface area contributed by atoms with Crippen molar-refractivity contribution in [3.8, 4) is 0 Å². The molecule has 0 aliphatic carbocycles. The third-order valence-electron chi connectivity index (χ3n) is 7.58. The largest absolute Gasteiger partial charge is 0.270 e. The van der Waals surface area contributed by atoms with E-state index in [0.29, 0.717) is 19.4 Å². The predicted molar refractivity (Wildman–Crippen MR) is 161 cm³/mol. The minimum Gasteiger partial charge on any atom is -0.270 e. The summed E-state index contributed by atoms with van der Waals surface area (Å²) in [5.41, 5.74) is 0. The molecule has 0 atom stereocenters. The van der Waals surface area contributed by atoms with Crippen LogP contribution in [-0.2, 0) is 14.3 Å². The monoisotopic (exact) mass is 566 g/mol. The van der Waals surface area contributed by atoms with Crippen molar-refractivity contribution in [2.45, 2.75) is 193 Å². The van der Waals surface area contributed by atoms with Gasteiger partial charge in [0, 0.05) is 6.42 Å². The Morgan fingerprint density at radius 1 is 0.474 bits per heavy atom. The summed E-state index contributed by atoms with van der Waals surface area (Å²) in [5.74, 6) is 0.125. The van der Waals surface area contributed by atoms with Gasteiger partial charge in [-0.25, -0.2) is 8.78 Å². The van der Waals surface area contributed by atoms with Gasteiger partial charge in [-0.2, -0.15) is 8.42 Å². The Morgan fingerprint density at radius 2 is 0.789 bits per heavy atom. The van der Waals surface area contributed by atoms with E-state index in [2.05, 4.69) is 6.92 Å². The molecule has 0 aromatic carbocycles. The van der Waals surface area contributed by atoms with E-state index in [0.717, 1.165) is 57.8 Å². The first-order valence-corrected chi connectivity index (χ1v) is 18.2. The maximum Gasteiger partial charge on any atom is 0.267 e. The molecule has 6 heteroatoms. The second-order valence-electron chi connectivity index (χ2n) is 11.5.